The lowest BCUT2D eigenvalue weighted by Crippen LogP contribution is -1.96. The van der Waals surface area contributed by atoms with Gasteiger partial charge in [-0.25, -0.2) is 0 Å². The predicted molar refractivity (Wildman–Crippen MR) is 51.8 cm³/mol. The average Bonchev–Trinajstić information content (AvgIpc) is 2.72. The van der Waals surface area contributed by atoms with Crippen LogP contribution in [0.3, 0.4) is 0 Å². The van der Waals surface area contributed by atoms with Crippen molar-refractivity contribution in [2.75, 3.05) is 0 Å². The van der Waals surface area contributed by atoms with Gasteiger partial charge in [0.2, 0.25) is 0 Å². The van der Waals surface area contributed by atoms with E-state index in [0.717, 1.165) is 10.4 Å². The largest absolute Gasteiger partial charge is 0.466 e. The highest BCUT2D eigenvalue weighted by molar-refractivity contribution is 7.10. The van der Waals surface area contributed by atoms with E-state index in [0.29, 0.717) is 5.76 Å². The second kappa shape index (κ2) is 3.36. The number of thiophene rings is 1. The molecule has 0 saturated heterocycles. The van der Waals surface area contributed by atoms with E-state index in [1.807, 2.05) is 18.4 Å². The molecular weight excluding hydrogens is 184 g/mol. The molecule has 0 radical (unpaired) electrons. The highest BCUT2D eigenvalue weighted by Gasteiger charge is 2.15. The molecule has 2 heterocycles. The van der Waals surface area contributed by atoms with Gasteiger partial charge in [-0.15, -0.1) is 11.3 Å². The molecule has 0 aliphatic carbocycles. The topological polar surface area (TPSA) is 33.4 Å². The summed E-state index contributed by atoms with van der Waals surface area (Å²) in [6.07, 6.45) is 0.955. The third-order valence-electron chi connectivity index (χ3n) is 1.96. The molecule has 1 atom stereocenters. The normalized spacial score (nSPS) is 13.1. The Hall–Kier alpha value is -1.06. The molecule has 0 saturated carbocycles. The molecule has 0 fully saturated rings. The van der Waals surface area contributed by atoms with Crippen LogP contribution >= 0.6 is 11.3 Å². The summed E-state index contributed by atoms with van der Waals surface area (Å²) in [5.74, 6) is 0.602. The van der Waals surface area contributed by atoms with Crippen molar-refractivity contribution < 1.29 is 9.52 Å². The minimum atomic E-state index is -0.616. The van der Waals surface area contributed by atoms with Gasteiger partial charge in [0.05, 0.1) is 6.26 Å². The Balaban J connectivity index is 2.33. The van der Waals surface area contributed by atoms with Gasteiger partial charge in [0, 0.05) is 4.88 Å². The highest BCUT2D eigenvalue weighted by atomic mass is 32.1. The minimum absolute atomic E-state index is 0.602. The van der Waals surface area contributed by atoms with Gasteiger partial charge < -0.3 is 9.52 Å². The summed E-state index contributed by atoms with van der Waals surface area (Å²) >= 11 is 1.55. The molecule has 0 aliphatic heterocycles. The van der Waals surface area contributed by atoms with Crippen molar-refractivity contribution in [3.8, 4) is 0 Å². The standard InChI is InChI=1S/C10H10O2S/c1-7-4-6-13-10(7)9(11)8-3-2-5-12-8/h2-6,9,11H,1H3/t9-/m1/s1. The molecule has 1 N–H and O–H groups in total. The van der Waals surface area contributed by atoms with E-state index in [2.05, 4.69) is 0 Å². The van der Waals surface area contributed by atoms with E-state index in [4.69, 9.17) is 4.42 Å². The Morgan fingerprint density at radius 1 is 1.46 bits per heavy atom. The highest BCUT2D eigenvalue weighted by Crippen LogP contribution is 2.29. The maximum atomic E-state index is 9.87. The molecule has 3 heteroatoms. The molecule has 0 unspecified atom stereocenters. The molecule has 0 bridgehead atoms. The number of hydrogen-bond acceptors (Lipinski definition) is 3. The van der Waals surface area contributed by atoms with Crippen LogP contribution in [0.15, 0.2) is 34.3 Å². The SMILES string of the molecule is Cc1ccsc1[C@H](O)c1ccco1. The van der Waals surface area contributed by atoms with Gasteiger partial charge in [-0.3, -0.25) is 0 Å². The fourth-order valence-corrected chi connectivity index (χ4v) is 2.16. The number of aliphatic hydroxyl groups is 1. The zero-order valence-corrected chi connectivity index (χ0v) is 8.04. The van der Waals surface area contributed by atoms with Crippen LogP contribution in [0.4, 0.5) is 0 Å². The van der Waals surface area contributed by atoms with Gasteiger partial charge in [0.15, 0.2) is 0 Å². The van der Waals surface area contributed by atoms with Crippen LogP contribution < -0.4 is 0 Å². The minimum Gasteiger partial charge on any atom is -0.466 e. The van der Waals surface area contributed by atoms with Crippen molar-refractivity contribution in [1.29, 1.82) is 0 Å². The quantitative estimate of drug-likeness (QED) is 0.797. The second-order valence-electron chi connectivity index (χ2n) is 2.89. The summed E-state index contributed by atoms with van der Waals surface area (Å²) in [4.78, 5) is 0.954. The first-order valence-electron chi connectivity index (χ1n) is 4.04. The number of rotatable bonds is 2. The molecule has 68 valence electrons. The predicted octanol–water partition coefficient (Wildman–Crippen LogP) is 2.73. The molecule has 0 spiro atoms. The van der Waals surface area contributed by atoms with Gasteiger partial charge >= 0.3 is 0 Å². The van der Waals surface area contributed by atoms with Crippen molar-refractivity contribution in [1.82, 2.24) is 0 Å². The van der Waals surface area contributed by atoms with Crippen molar-refractivity contribution in [2.24, 2.45) is 0 Å². The molecule has 0 amide bonds. The van der Waals surface area contributed by atoms with Crippen LogP contribution in [0, 0.1) is 6.92 Å². The van der Waals surface area contributed by atoms with Crippen LogP contribution in [0.1, 0.15) is 22.3 Å². The molecule has 2 rings (SSSR count). The van der Waals surface area contributed by atoms with Crippen LogP contribution in [0.2, 0.25) is 0 Å². The molecule has 2 aromatic rings. The monoisotopic (exact) mass is 194 g/mol. The van der Waals surface area contributed by atoms with E-state index in [-0.39, 0.29) is 0 Å². The summed E-state index contributed by atoms with van der Waals surface area (Å²) in [5.41, 5.74) is 1.11. The lowest BCUT2D eigenvalue weighted by atomic mass is 10.2. The van der Waals surface area contributed by atoms with E-state index >= 15 is 0 Å². The van der Waals surface area contributed by atoms with E-state index in [1.165, 1.54) is 0 Å². The molecule has 2 nitrogen and oxygen atoms in total. The van der Waals surface area contributed by atoms with Crippen molar-refractivity contribution in [2.45, 2.75) is 13.0 Å². The summed E-state index contributed by atoms with van der Waals surface area (Å²) in [6.45, 7) is 1.98. The number of aryl methyl sites for hydroxylation is 1. The Morgan fingerprint density at radius 3 is 2.85 bits per heavy atom. The molecule has 13 heavy (non-hydrogen) atoms. The third kappa shape index (κ3) is 1.53. The molecule has 0 aliphatic rings. The van der Waals surface area contributed by atoms with Crippen LogP contribution in [0.25, 0.3) is 0 Å². The third-order valence-corrected chi connectivity index (χ3v) is 3.03. The second-order valence-corrected chi connectivity index (χ2v) is 3.83. The van der Waals surface area contributed by atoms with Gasteiger partial charge in [-0.05, 0) is 36.1 Å². The van der Waals surface area contributed by atoms with Gasteiger partial charge in [0.25, 0.3) is 0 Å². The van der Waals surface area contributed by atoms with Crippen molar-refractivity contribution in [3.05, 3.63) is 46.0 Å². The zero-order chi connectivity index (χ0) is 9.26. The maximum Gasteiger partial charge on any atom is 0.146 e. The zero-order valence-electron chi connectivity index (χ0n) is 7.23. The summed E-state index contributed by atoms with van der Waals surface area (Å²) < 4.78 is 5.13. The van der Waals surface area contributed by atoms with Gasteiger partial charge in [0.1, 0.15) is 11.9 Å². The maximum absolute atomic E-state index is 9.87. The van der Waals surface area contributed by atoms with E-state index in [9.17, 15) is 5.11 Å². The van der Waals surface area contributed by atoms with E-state index in [1.54, 1.807) is 29.7 Å². The average molecular weight is 194 g/mol. The lowest BCUT2D eigenvalue weighted by molar-refractivity contribution is 0.192. The fraction of sp³-hybridized carbons (Fsp3) is 0.200. The first kappa shape index (κ1) is 8.53. The summed E-state index contributed by atoms with van der Waals surface area (Å²) in [5, 5.41) is 11.8. The summed E-state index contributed by atoms with van der Waals surface area (Å²) in [6, 6.07) is 5.55. The summed E-state index contributed by atoms with van der Waals surface area (Å²) in [7, 11) is 0. The van der Waals surface area contributed by atoms with Crippen LogP contribution in [0.5, 0.6) is 0 Å². The number of aliphatic hydroxyl groups excluding tert-OH is 1. The first-order valence-corrected chi connectivity index (χ1v) is 4.92. The Morgan fingerprint density at radius 2 is 2.31 bits per heavy atom. The van der Waals surface area contributed by atoms with Gasteiger partial charge in [-0.2, -0.15) is 0 Å². The van der Waals surface area contributed by atoms with Gasteiger partial charge in [-0.1, -0.05) is 0 Å². The van der Waals surface area contributed by atoms with Crippen molar-refractivity contribution in [3.63, 3.8) is 0 Å². The van der Waals surface area contributed by atoms with E-state index < -0.39 is 6.10 Å². The molecular formula is C10H10O2S. The fourth-order valence-electron chi connectivity index (χ4n) is 1.24. The van der Waals surface area contributed by atoms with Crippen LogP contribution in [-0.2, 0) is 0 Å². The van der Waals surface area contributed by atoms with Crippen molar-refractivity contribution >= 4 is 11.3 Å². The lowest BCUT2D eigenvalue weighted by Gasteiger charge is -2.05. The molecule has 0 aromatic carbocycles. The van der Waals surface area contributed by atoms with Crippen LogP contribution in [-0.4, -0.2) is 5.11 Å². The first-order chi connectivity index (χ1) is 6.29. The molecule has 2 aromatic heterocycles. The Bertz CT molecular complexity index is 375. The Labute approximate surface area is 80.4 Å². The number of hydrogen-bond donors (Lipinski definition) is 1. The Kier molecular flexibility index (Phi) is 2.20. The number of furan rings is 1. The smallest absolute Gasteiger partial charge is 0.146 e.